The number of carbonyl (C=O) groups excluding carboxylic acids is 1. The van der Waals surface area contributed by atoms with Crippen LogP contribution in [0.15, 0.2) is 11.8 Å². The smallest absolute Gasteiger partial charge is 0.200 e. The van der Waals surface area contributed by atoms with Gasteiger partial charge in [0.15, 0.2) is 11.5 Å². The highest BCUT2D eigenvalue weighted by Gasteiger charge is 2.30. The van der Waals surface area contributed by atoms with E-state index in [1.54, 1.807) is 0 Å². The third kappa shape index (κ3) is 2.40. The molecule has 15 heavy (non-hydrogen) atoms. The number of carbonyl (C=O) groups is 1. The van der Waals surface area contributed by atoms with Crippen LogP contribution in [0.25, 0.3) is 0 Å². The summed E-state index contributed by atoms with van der Waals surface area (Å²) in [5.41, 5.74) is 0. The number of nitrogens with one attached hydrogen (secondary N) is 1. The highest BCUT2D eigenvalue weighted by Crippen LogP contribution is 2.24. The number of hydrogen-bond donors (Lipinski definition) is 1. The van der Waals surface area contributed by atoms with Crippen molar-refractivity contribution in [2.75, 3.05) is 19.7 Å². The Bertz CT molecular complexity index is 273. The van der Waals surface area contributed by atoms with Gasteiger partial charge in [-0.2, -0.15) is 0 Å². The van der Waals surface area contributed by atoms with Gasteiger partial charge in [-0.25, -0.2) is 0 Å². The normalized spacial score (nSPS) is 31.7. The van der Waals surface area contributed by atoms with Crippen molar-refractivity contribution in [2.45, 2.75) is 26.2 Å². The van der Waals surface area contributed by atoms with Crippen molar-refractivity contribution in [3.8, 4) is 0 Å². The lowest BCUT2D eigenvalue weighted by atomic mass is 9.83. The molecule has 0 amide bonds. The third-order valence-electron chi connectivity index (χ3n) is 3.30. The first kappa shape index (κ1) is 10.7. The second-order valence-electron chi connectivity index (χ2n) is 4.50. The number of ketones is 1. The Labute approximate surface area is 90.9 Å². The monoisotopic (exact) mass is 209 g/mol. The first-order valence-electron chi connectivity index (χ1n) is 5.87. The van der Waals surface area contributed by atoms with Crippen LogP contribution in [0.4, 0.5) is 0 Å². The average molecular weight is 209 g/mol. The predicted molar refractivity (Wildman–Crippen MR) is 58.4 cm³/mol. The van der Waals surface area contributed by atoms with E-state index in [4.69, 9.17) is 4.74 Å². The van der Waals surface area contributed by atoms with E-state index in [0.29, 0.717) is 18.3 Å². The van der Waals surface area contributed by atoms with E-state index in [9.17, 15) is 4.79 Å². The molecular formula is C12H19NO2. The lowest BCUT2D eigenvalue weighted by Gasteiger charge is -2.29. The largest absolute Gasteiger partial charge is 0.490 e. The zero-order valence-corrected chi connectivity index (χ0v) is 9.29. The van der Waals surface area contributed by atoms with Crippen LogP contribution in [0.5, 0.6) is 0 Å². The van der Waals surface area contributed by atoms with E-state index in [1.165, 1.54) is 0 Å². The zero-order chi connectivity index (χ0) is 10.7. The van der Waals surface area contributed by atoms with Crippen molar-refractivity contribution >= 4 is 5.78 Å². The topological polar surface area (TPSA) is 38.3 Å². The van der Waals surface area contributed by atoms with Gasteiger partial charge in [0.2, 0.25) is 0 Å². The molecule has 2 heterocycles. The van der Waals surface area contributed by atoms with E-state index >= 15 is 0 Å². The van der Waals surface area contributed by atoms with Crippen LogP contribution in [0.1, 0.15) is 26.2 Å². The minimum Gasteiger partial charge on any atom is -0.490 e. The first-order valence-corrected chi connectivity index (χ1v) is 5.87. The highest BCUT2D eigenvalue weighted by molar-refractivity contribution is 5.95. The molecule has 3 heteroatoms. The molecular weight excluding hydrogens is 190 g/mol. The van der Waals surface area contributed by atoms with Crippen LogP contribution in [0, 0.1) is 11.8 Å². The Balaban J connectivity index is 2.02. The molecule has 2 rings (SSSR count). The molecule has 0 aromatic carbocycles. The number of rotatable bonds is 2. The molecule has 0 aromatic heterocycles. The maximum absolute atomic E-state index is 12.1. The van der Waals surface area contributed by atoms with Gasteiger partial charge in [0, 0.05) is 5.92 Å². The Morgan fingerprint density at radius 3 is 3.13 bits per heavy atom. The van der Waals surface area contributed by atoms with Crippen molar-refractivity contribution in [3.63, 3.8) is 0 Å². The van der Waals surface area contributed by atoms with Crippen LogP contribution in [-0.4, -0.2) is 25.5 Å². The molecule has 2 unspecified atom stereocenters. The second-order valence-corrected chi connectivity index (χ2v) is 4.50. The molecule has 0 radical (unpaired) electrons. The van der Waals surface area contributed by atoms with Gasteiger partial charge in [-0.05, 0) is 44.3 Å². The average Bonchev–Trinajstić information content (AvgIpc) is 2.30. The third-order valence-corrected chi connectivity index (χ3v) is 3.30. The Morgan fingerprint density at radius 1 is 1.60 bits per heavy atom. The van der Waals surface area contributed by atoms with Gasteiger partial charge >= 0.3 is 0 Å². The molecule has 0 aromatic rings. The fraction of sp³-hybridized carbons (Fsp3) is 0.750. The van der Waals surface area contributed by atoms with Crippen LogP contribution in [0.3, 0.4) is 0 Å². The predicted octanol–water partition coefficient (Wildman–Crippen LogP) is 1.50. The fourth-order valence-corrected chi connectivity index (χ4v) is 2.32. The summed E-state index contributed by atoms with van der Waals surface area (Å²) in [6.07, 6.45) is 4.93. The second kappa shape index (κ2) is 4.79. The van der Waals surface area contributed by atoms with Crippen LogP contribution in [0.2, 0.25) is 0 Å². The number of hydrogen-bond acceptors (Lipinski definition) is 3. The standard InChI is InChI=1S/C12H19NO2/c1-9-8-13-6-5-10(9)12(14)11-4-2-3-7-15-11/h4,9-10,13H,2-3,5-8H2,1H3. The minimum atomic E-state index is 0.163. The summed E-state index contributed by atoms with van der Waals surface area (Å²) in [7, 11) is 0. The van der Waals surface area contributed by atoms with E-state index < -0.39 is 0 Å². The molecule has 1 saturated heterocycles. The van der Waals surface area contributed by atoms with Crippen molar-refractivity contribution in [1.82, 2.24) is 5.32 Å². The summed E-state index contributed by atoms with van der Waals surface area (Å²) >= 11 is 0. The van der Waals surface area contributed by atoms with Crippen molar-refractivity contribution in [3.05, 3.63) is 11.8 Å². The summed E-state index contributed by atoms with van der Waals surface area (Å²) < 4.78 is 5.43. The molecule has 1 N–H and O–H groups in total. The van der Waals surface area contributed by atoms with Gasteiger partial charge in [0.1, 0.15) is 0 Å². The van der Waals surface area contributed by atoms with E-state index in [-0.39, 0.29) is 11.7 Å². The molecule has 3 nitrogen and oxygen atoms in total. The lowest BCUT2D eigenvalue weighted by molar-refractivity contribution is -0.125. The lowest BCUT2D eigenvalue weighted by Crippen LogP contribution is -2.39. The van der Waals surface area contributed by atoms with Crippen LogP contribution >= 0.6 is 0 Å². The van der Waals surface area contributed by atoms with Gasteiger partial charge in [-0.15, -0.1) is 0 Å². The highest BCUT2D eigenvalue weighted by atomic mass is 16.5. The number of ether oxygens (including phenoxy) is 1. The Hall–Kier alpha value is -0.830. The Kier molecular flexibility index (Phi) is 3.41. The maximum atomic E-state index is 12.1. The summed E-state index contributed by atoms with van der Waals surface area (Å²) in [5.74, 6) is 1.44. The molecule has 0 saturated carbocycles. The molecule has 0 aliphatic carbocycles. The van der Waals surface area contributed by atoms with Crippen molar-refractivity contribution in [1.29, 1.82) is 0 Å². The Morgan fingerprint density at radius 2 is 2.47 bits per heavy atom. The molecule has 84 valence electrons. The fourth-order valence-electron chi connectivity index (χ4n) is 2.32. The summed E-state index contributed by atoms with van der Waals surface area (Å²) in [6, 6.07) is 0. The quantitative estimate of drug-likeness (QED) is 0.749. The van der Waals surface area contributed by atoms with E-state index in [1.807, 2.05) is 6.08 Å². The molecule has 2 aliphatic rings. The maximum Gasteiger partial charge on any atom is 0.200 e. The number of piperidine rings is 1. The van der Waals surface area contributed by atoms with Gasteiger partial charge in [-0.3, -0.25) is 4.79 Å². The van der Waals surface area contributed by atoms with Gasteiger partial charge in [-0.1, -0.05) is 6.92 Å². The van der Waals surface area contributed by atoms with Crippen LogP contribution < -0.4 is 5.32 Å². The van der Waals surface area contributed by atoms with Gasteiger partial charge < -0.3 is 10.1 Å². The number of allylic oxidation sites excluding steroid dienone is 2. The van der Waals surface area contributed by atoms with E-state index in [2.05, 4.69) is 12.2 Å². The SMILES string of the molecule is CC1CNCCC1C(=O)C1=CCCCO1. The van der Waals surface area contributed by atoms with E-state index in [0.717, 1.165) is 32.4 Å². The van der Waals surface area contributed by atoms with Crippen molar-refractivity contribution < 1.29 is 9.53 Å². The summed E-state index contributed by atoms with van der Waals surface area (Å²) in [6.45, 7) is 4.74. The molecule has 2 atom stereocenters. The minimum absolute atomic E-state index is 0.163. The molecule has 0 bridgehead atoms. The summed E-state index contributed by atoms with van der Waals surface area (Å²) in [5, 5.41) is 3.31. The first-order chi connectivity index (χ1) is 7.29. The van der Waals surface area contributed by atoms with Gasteiger partial charge in [0.05, 0.1) is 6.61 Å². The van der Waals surface area contributed by atoms with Crippen LogP contribution in [-0.2, 0) is 9.53 Å². The van der Waals surface area contributed by atoms with Gasteiger partial charge in [0.25, 0.3) is 0 Å². The number of Topliss-reactive ketones (excluding diaryl/α,β-unsaturated/α-hetero) is 1. The summed E-state index contributed by atoms with van der Waals surface area (Å²) in [4.78, 5) is 12.1. The zero-order valence-electron chi connectivity index (χ0n) is 9.29. The van der Waals surface area contributed by atoms with Crippen molar-refractivity contribution in [2.24, 2.45) is 11.8 Å². The molecule has 1 fully saturated rings. The molecule has 2 aliphatic heterocycles. The molecule has 0 spiro atoms.